The van der Waals surface area contributed by atoms with E-state index < -0.39 is 38.7 Å². The van der Waals surface area contributed by atoms with Crippen molar-refractivity contribution in [2.45, 2.75) is 33.6 Å². The average Bonchev–Trinajstić information content (AvgIpc) is 3.24. The van der Waals surface area contributed by atoms with Crippen LogP contribution in [0.2, 0.25) is 0 Å². The van der Waals surface area contributed by atoms with Crippen LogP contribution < -0.4 is 4.72 Å². The van der Waals surface area contributed by atoms with E-state index in [0.29, 0.717) is 40.3 Å². The Morgan fingerprint density at radius 1 is 1.08 bits per heavy atom. The maximum absolute atomic E-state index is 15.2. The third-order valence-electron chi connectivity index (χ3n) is 5.46. The molecule has 0 aliphatic rings. The van der Waals surface area contributed by atoms with Gasteiger partial charge in [-0.3, -0.25) is 9.52 Å². The van der Waals surface area contributed by atoms with Gasteiger partial charge in [-0.2, -0.15) is 0 Å². The number of carbonyl (C=O) groups is 1. The monoisotopic (exact) mass is 513 g/mol. The highest BCUT2D eigenvalue weighted by Crippen LogP contribution is 2.29. The van der Waals surface area contributed by atoms with Crippen LogP contribution in [0.5, 0.6) is 0 Å². The van der Waals surface area contributed by atoms with Crippen molar-refractivity contribution in [2.24, 2.45) is 5.92 Å². The molecule has 0 fully saturated rings. The van der Waals surface area contributed by atoms with Crippen molar-refractivity contribution in [3.8, 4) is 11.1 Å². The van der Waals surface area contributed by atoms with Crippen LogP contribution >= 0.6 is 0 Å². The molecule has 1 aromatic carbocycles. The Morgan fingerprint density at radius 3 is 2.44 bits per heavy atom. The van der Waals surface area contributed by atoms with E-state index in [-0.39, 0.29) is 11.3 Å². The number of aromatic amines is 1. The number of ketones is 1. The zero-order valence-electron chi connectivity index (χ0n) is 20.0. The molecule has 0 aliphatic heterocycles. The lowest BCUT2D eigenvalue weighted by atomic mass is 10.0. The topological polar surface area (TPSA) is 118 Å². The average molecular weight is 514 g/mol. The fourth-order valence-corrected chi connectivity index (χ4v) is 4.92. The first kappa shape index (κ1) is 25.4. The number of rotatable bonds is 9. The maximum atomic E-state index is 15.2. The number of pyridine rings is 1. The van der Waals surface area contributed by atoms with Crippen LogP contribution in [0.15, 0.2) is 43.0 Å². The molecule has 4 aromatic rings. The van der Waals surface area contributed by atoms with Gasteiger partial charge in [0, 0.05) is 53.3 Å². The number of benzene rings is 1. The van der Waals surface area contributed by atoms with Crippen LogP contribution in [0.1, 0.15) is 48.9 Å². The lowest BCUT2D eigenvalue weighted by Gasteiger charge is -2.11. The summed E-state index contributed by atoms with van der Waals surface area (Å²) in [5.41, 5.74) is 0.267. The van der Waals surface area contributed by atoms with E-state index in [9.17, 15) is 17.6 Å². The van der Waals surface area contributed by atoms with E-state index in [1.165, 1.54) is 6.20 Å². The molecule has 0 amide bonds. The van der Waals surface area contributed by atoms with Gasteiger partial charge in [0.05, 0.1) is 17.0 Å². The van der Waals surface area contributed by atoms with Crippen molar-refractivity contribution in [3.05, 3.63) is 71.6 Å². The number of carbonyl (C=O) groups excluding carboxylic acids is 1. The summed E-state index contributed by atoms with van der Waals surface area (Å²) in [5.74, 6) is -2.47. The number of fused-ring (bicyclic) bond motifs is 1. The molecule has 0 aliphatic carbocycles. The first-order chi connectivity index (χ1) is 17.1. The van der Waals surface area contributed by atoms with Crippen LogP contribution in [0.3, 0.4) is 0 Å². The Bertz CT molecular complexity index is 1530. The van der Waals surface area contributed by atoms with Gasteiger partial charge in [-0.1, -0.05) is 20.8 Å². The van der Waals surface area contributed by atoms with Gasteiger partial charge in [0.15, 0.2) is 5.82 Å². The number of halogens is 2. The zero-order chi connectivity index (χ0) is 26.0. The van der Waals surface area contributed by atoms with Crippen molar-refractivity contribution in [2.75, 3.05) is 10.5 Å². The number of hydrogen-bond donors (Lipinski definition) is 2. The van der Waals surface area contributed by atoms with E-state index in [1.807, 2.05) is 0 Å². The van der Waals surface area contributed by atoms with Crippen LogP contribution in [0.25, 0.3) is 22.2 Å². The predicted molar refractivity (Wildman–Crippen MR) is 133 cm³/mol. The highest BCUT2D eigenvalue weighted by atomic mass is 32.2. The van der Waals surface area contributed by atoms with Gasteiger partial charge in [-0.15, -0.1) is 0 Å². The van der Waals surface area contributed by atoms with E-state index in [1.54, 1.807) is 31.6 Å². The van der Waals surface area contributed by atoms with E-state index >= 15 is 4.39 Å². The molecule has 0 radical (unpaired) electrons. The normalized spacial score (nSPS) is 11.8. The lowest BCUT2D eigenvalue weighted by Crippen LogP contribution is -2.18. The summed E-state index contributed by atoms with van der Waals surface area (Å²) in [7, 11) is -3.85. The molecule has 2 N–H and O–H groups in total. The second-order valence-corrected chi connectivity index (χ2v) is 10.7. The minimum Gasteiger partial charge on any atom is -0.345 e. The van der Waals surface area contributed by atoms with E-state index in [0.717, 1.165) is 18.6 Å². The molecule has 0 saturated heterocycles. The fraction of sp³-hybridized carbons (Fsp3) is 0.280. The van der Waals surface area contributed by atoms with Gasteiger partial charge in [-0.25, -0.2) is 32.2 Å². The standard InChI is InChI=1S/C25H25F2N5O3S/c1-4-7-36(34,35)32-20-6-5-19(26)22(23(20)27)24(33)18-13-31-25-17(18)9-15(10-30-25)16-11-28-21(29-12-16)8-14(2)3/h5-6,9-14,32H,4,7-8H2,1-3H3,(H,30,31). The molecule has 0 bridgehead atoms. The molecule has 0 saturated carbocycles. The number of nitrogens with one attached hydrogen (secondary N) is 2. The number of anilines is 1. The Balaban J connectivity index is 1.72. The van der Waals surface area contributed by atoms with Gasteiger partial charge in [0.2, 0.25) is 15.8 Å². The second-order valence-electron chi connectivity index (χ2n) is 8.84. The molecular formula is C25H25F2N5O3S. The molecule has 36 heavy (non-hydrogen) atoms. The van der Waals surface area contributed by atoms with Gasteiger partial charge in [0.25, 0.3) is 0 Å². The molecule has 0 unspecified atom stereocenters. The van der Waals surface area contributed by atoms with Crippen molar-refractivity contribution >= 4 is 32.5 Å². The summed E-state index contributed by atoms with van der Waals surface area (Å²) in [5, 5.41) is 0.347. The van der Waals surface area contributed by atoms with E-state index in [2.05, 4.69) is 38.5 Å². The minimum absolute atomic E-state index is 0.0111. The third-order valence-corrected chi connectivity index (χ3v) is 6.94. The quantitative estimate of drug-likeness (QED) is 0.308. The maximum Gasteiger partial charge on any atom is 0.232 e. The Labute approximate surface area is 207 Å². The number of hydrogen-bond acceptors (Lipinski definition) is 6. The molecule has 11 heteroatoms. The zero-order valence-corrected chi connectivity index (χ0v) is 20.8. The van der Waals surface area contributed by atoms with Gasteiger partial charge >= 0.3 is 0 Å². The lowest BCUT2D eigenvalue weighted by molar-refractivity contribution is 0.103. The second kappa shape index (κ2) is 10.1. The van der Waals surface area contributed by atoms with Crippen LogP contribution in [0, 0.1) is 17.6 Å². The first-order valence-electron chi connectivity index (χ1n) is 11.4. The van der Waals surface area contributed by atoms with Gasteiger partial charge in [0.1, 0.15) is 17.3 Å². The van der Waals surface area contributed by atoms with E-state index in [4.69, 9.17) is 0 Å². The molecular weight excluding hydrogens is 488 g/mol. The minimum atomic E-state index is -3.85. The molecule has 0 spiro atoms. The van der Waals surface area contributed by atoms with Crippen molar-refractivity contribution < 1.29 is 22.0 Å². The number of aromatic nitrogens is 4. The molecule has 3 aromatic heterocycles. The number of nitrogens with zero attached hydrogens (tertiary/aromatic N) is 3. The van der Waals surface area contributed by atoms with Crippen LogP contribution in [-0.4, -0.2) is 39.9 Å². The SMILES string of the molecule is CCCS(=O)(=O)Nc1ccc(F)c(C(=O)c2c[nH]c3ncc(-c4cnc(CC(C)C)nc4)cc23)c1F. The summed E-state index contributed by atoms with van der Waals surface area (Å²) in [6.45, 7) is 5.79. The van der Waals surface area contributed by atoms with Crippen LogP contribution in [-0.2, 0) is 16.4 Å². The predicted octanol–water partition coefficient (Wildman–Crippen LogP) is 4.88. The molecule has 0 atom stereocenters. The molecule has 3 heterocycles. The first-order valence-corrected chi connectivity index (χ1v) is 13.1. The van der Waals surface area contributed by atoms with Crippen LogP contribution in [0.4, 0.5) is 14.5 Å². The highest BCUT2D eigenvalue weighted by molar-refractivity contribution is 7.92. The molecule has 188 valence electrons. The molecule has 8 nitrogen and oxygen atoms in total. The van der Waals surface area contributed by atoms with Gasteiger partial charge in [-0.05, 0) is 30.5 Å². The number of H-pyrrole nitrogens is 1. The largest absolute Gasteiger partial charge is 0.345 e. The fourth-order valence-electron chi connectivity index (χ4n) is 3.78. The summed E-state index contributed by atoms with van der Waals surface area (Å²) in [6, 6.07) is 3.47. The van der Waals surface area contributed by atoms with Crippen molar-refractivity contribution in [3.63, 3.8) is 0 Å². The highest BCUT2D eigenvalue weighted by Gasteiger charge is 2.26. The molecule has 4 rings (SSSR count). The summed E-state index contributed by atoms with van der Waals surface area (Å²) < 4.78 is 56.1. The summed E-state index contributed by atoms with van der Waals surface area (Å²) in [6.07, 6.45) is 7.26. The Hall–Kier alpha value is -3.73. The third kappa shape index (κ3) is 5.25. The Kier molecular flexibility index (Phi) is 7.11. The summed E-state index contributed by atoms with van der Waals surface area (Å²) in [4.78, 5) is 29.2. The number of sulfonamides is 1. The van der Waals surface area contributed by atoms with Crippen molar-refractivity contribution in [1.29, 1.82) is 0 Å². The van der Waals surface area contributed by atoms with Crippen molar-refractivity contribution in [1.82, 2.24) is 19.9 Å². The van der Waals surface area contributed by atoms with Gasteiger partial charge < -0.3 is 4.98 Å². The summed E-state index contributed by atoms with van der Waals surface area (Å²) >= 11 is 0. The smallest absolute Gasteiger partial charge is 0.232 e. The Morgan fingerprint density at radius 2 is 1.78 bits per heavy atom.